The molecule has 1 aromatic carbocycles. The number of anilines is 1. The molecule has 4 heteroatoms. The van der Waals surface area contributed by atoms with E-state index < -0.39 is 5.82 Å². The molecule has 0 bridgehead atoms. The fraction of sp³-hybridized carbons (Fsp3) is 0.417. The topological polar surface area (TPSA) is 55.1 Å². The van der Waals surface area contributed by atoms with E-state index in [0.717, 1.165) is 12.8 Å². The second kappa shape index (κ2) is 3.77. The predicted octanol–water partition coefficient (Wildman–Crippen LogP) is 1.94. The number of nitrogens with one attached hydrogen (secondary N) is 1. The van der Waals surface area contributed by atoms with Gasteiger partial charge in [0.15, 0.2) is 0 Å². The Labute approximate surface area is 93.8 Å². The molecule has 1 aliphatic rings. The van der Waals surface area contributed by atoms with Gasteiger partial charge < -0.3 is 11.1 Å². The van der Waals surface area contributed by atoms with Crippen LogP contribution in [0.25, 0.3) is 0 Å². The van der Waals surface area contributed by atoms with Gasteiger partial charge in [-0.3, -0.25) is 4.79 Å². The Bertz CT molecular complexity index is 407. The third kappa shape index (κ3) is 2.51. The Morgan fingerprint density at radius 3 is 2.75 bits per heavy atom. The van der Waals surface area contributed by atoms with Gasteiger partial charge in [0.05, 0.1) is 0 Å². The van der Waals surface area contributed by atoms with Crippen LogP contribution in [0.2, 0.25) is 0 Å². The first-order valence-corrected chi connectivity index (χ1v) is 5.33. The molecule has 0 saturated heterocycles. The van der Waals surface area contributed by atoms with Crippen molar-refractivity contribution in [3.63, 3.8) is 0 Å². The zero-order chi connectivity index (χ0) is 11.8. The molecule has 1 saturated carbocycles. The van der Waals surface area contributed by atoms with Gasteiger partial charge in [0.25, 0.3) is 5.91 Å². The first kappa shape index (κ1) is 10.9. The minimum Gasteiger partial charge on any atom is -0.399 e. The summed E-state index contributed by atoms with van der Waals surface area (Å²) < 4.78 is 13.0. The van der Waals surface area contributed by atoms with Gasteiger partial charge in [-0.25, -0.2) is 4.39 Å². The average Bonchev–Trinajstić information content (AvgIpc) is 2.92. The zero-order valence-corrected chi connectivity index (χ0v) is 9.22. The number of carbonyl (C=O) groups is 1. The number of halogens is 1. The zero-order valence-electron chi connectivity index (χ0n) is 9.22. The summed E-state index contributed by atoms with van der Waals surface area (Å²) in [6, 6.07) is 3.87. The summed E-state index contributed by atoms with van der Waals surface area (Å²) in [5, 5.41) is 2.79. The molecule has 0 aromatic heterocycles. The lowest BCUT2D eigenvalue weighted by Crippen LogP contribution is -2.29. The fourth-order valence-electron chi connectivity index (χ4n) is 1.53. The van der Waals surface area contributed by atoms with Crippen LogP contribution < -0.4 is 11.1 Å². The van der Waals surface area contributed by atoms with Crippen LogP contribution in [-0.2, 0) is 0 Å². The molecule has 1 amide bonds. The van der Waals surface area contributed by atoms with Crippen molar-refractivity contribution in [2.45, 2.75) is 19.8 Å². The van der Waals surface area contributed by atoms with Crippen molar-refractivity contribution in [1.29, 1.82) is 0 Å². The van der Waals surface area contributed by atoms with Gasteiger partial charge >= 0.3 is 0 Å². The molecule has 0 spiro atoms. The van der Waals surface area contributed by atoms with Gasteiger partial charge in [-0.15, -0.1) is 0 Å². The predicted molar refractivity (Wildman–Crippen MR) is 60.5 cm³/mol. The number of nitrogen functional groups attached to an aromatic ring is 1. The maximum absolute atomic E-state index is 13.0. The lowest BCUT2D eigenvalue weighted by molar-refractivity contribution is 0.0945. The SMILES string of the molecule is CC1(CNC(=O)c2cc(N)cc(F)c2)CC1. The van der Waals surface area contributed by atoms with E-state index in [1.165, 1.54) is 18.2 Å². The van der Waals surface area contributed by atoms with E-state index in [1.807, 2.05) is 0 Å². The Morgan fingerprint density at radius 1 is 1.50 bits per heavy atom. The van der Waals surface area contributed by atoms with Crippen molar-refractivity contribution in [3.05, 3.63) is 29.6 Å². The van der Waals surface area contributed by atoms with Crippen LogP contribution in [0.15, 0.2) is 18.2 Å². The Balaban J connectivity index is 2.02. The van der Waals surface area contributed by atoms with Gasteiger partial charge in [-0.05, 0) is 36.5 Å². The summed E-state index contributed by atoms with van der Waals surface area (Å²) in [5.74, 6) is -0.748. The van der Waals surface area contributed by atoms with Crippen LogP contribution in [0.5, 0.6) is 0 Å². The highest BCUT2D eigenvalue weighted by molar-refractivity contribution is 5.95. The Hall–Kier alpha value is -1.58. The number of carbonyl (C=O) groups excluding carboxylic acids is 1. The van der Waals surface area contributed by atoms with Crippen molar-refractivity contribution in [3.8, 4) is 0 Å². The van der Waals surface area contributed by atoms with E-state index in [-0.39, 0.29) is 22.6 Å². The molecule has 16 heavy (non-hydrogen) atoms. The van der Waals surface area contributed by atoms with E-state index >= 15 is 0 Å². The largest absolute Gasteiger partial charge is 0.399 e. The summed E-state index contributed by atoms with van der Waals surface area (Å²) >= 11 is 0. The monoisotopic (exact) mass is 222 g/mol. The minimum atomic E-state index is -0.484. The van der Waals surface area contributed by atoms with Crippen LogP contribution in [0.4, 0.5) is 10.1 Å². The lowest BCUT2D eigenvalue weighted by atomic mass is 10.1. The van der Waals surface area contributed by atoms with Crippen LogP contribution >= 0.6 is 0 Å². The molecule has 1 aromatic rings. The fourth-order valence-corrected chi connectivity index (χ4v) is 1.53. The van der Waals surface area contributed by atoms with E-state index in [1.54, 1.807) is 0 Å². The van der Waals surface area contributed by atoms with Crippen LogP contribution in [0, 0.1) is 11.2 Å². The van der Waals surface area contributed by atoms with Crippen molar-refractivity contribution < 1.29 is 9.18 Å². The molecule has 0 atom stereocenters. The van der Waals surface area contributed by atoms with E-state index in [2.05, 4.69) is 12.2 Å². The number of rotatable bonds is 3. The van der Waals surface area contributed by atoms with Gasteiger partial charge in [0.2, 0.25) is 0 Å². The molecule has 2 rings (SSSR count). The summed E-state index contributed by atoms with van der Waals surface area (Å²) in [5.41, 5.74) is 6.26. The minimum absolute atomic E-state index is 0.245. The molecule has 0 radical (unpaired) electrons. The quantitative estimate of drug-likeness (QED) is 0.768. The molecule has 1 aliphatic carbocycles. The second-order valence-electron chi connectivity index (χ2n) is 4.77. The molecule has 3 nitrogen and oxygen atoms in total. The Kier molecular flexibility index (Phi) is 2.58. The smallest absolute Gasteiger partial charge is 0.251 e. The van der Waals surface area contributed by atoms with Crippen LogP contribution in [0.3, 0.4) is 0 Å². The molecular formula is C12H15FN2O. The summed E-state index contributed by atoms with van der Waals surface area (Å²) in [6.45, 7) is 2.76. The summed E-state index contributed by atoms with van der Waals surface area (Å²) in [7, 11) is 0. The highest BCUT2D eigenvalue weighted by Gasteiger charge is 2.37. The number of hydrogen-bond acceptors (Lipinski definition) is 2. The maximum atomic E-state index is 13.0. The number of benzene rings is 1. The first-order valence-electron chi connectivity index (χ1n) is 5.33. The van der Waals surface area contributed by atoms with Crippen molar-refractivity contribution in [2.75, 3.05) is 12.3 Å². The molecule has 3 N–H and O–H groups in total. The normalized spacial score (nSPS) is 16.9. The van der Waals surface area contributed by atoms with Gasteiger partial charge in [-0.1, -0.05) is 6.92 Å². The number of hydrogen-bond donors (Lipinski definition) is 2. The van der Waals surface area contributed by atoms with Gasteiger partial charge in [0, 0.05) is 17.8 Å². The van der Waals surface area contributed by atoms with Crippen LogP contribution in [-0.4, -0.2) is 12.5 Å². The van der Waals surface area contributed by atoms with Crippen molar-refractivity contribution in [2.24, 2.45) is 5.41 Å². The van der Waals surface area contributed by atoms with E-state index in [4.69, 9.17) is 5.73 Å². The van der Waals surface area contributed by atoms with Crippen LogP contribution in [0.1, 0.15) is 30.1 Å². The van der Waals surface area contributed by atoms with Gasteiger partial charge in [0.1, 0.15) is 5.82 Å². The van der Waals surface area contributed by atoms with E-state index in [9.17, 15) is 9.18 Å². The highest BCUT2D eigenvalue weighted by Crippen LogP contribution is 2.44. The third-order valence-corrected chi connectivity index (χ3v) is 2.96. The molecule has 0 heterocycles. The molecule has 0 aliphatic heterocycles. The van der Waals surface area contributed by atoms with E-state index in [0.29, 0.717) is 6.54 Å². The summed E-state index contributed by atoms with van der Waals surface area (Å²) in [4.78, 5) is 11.7. The number of amides is 1. The molecular weight excluding hydrogens is 207 g/mol. The number of nitrogens with two attached hydrogens (primary N) is 1. The molecule has 1 fully saturated rings. The standard InChI is InChI=1S/C12H15FN2O/c1-12(2-3-12)7-15-11(16)8-4-9(13)6-10(14)5-8/h4-6H,2-3,7,14H2,1H3,(H,15,16). The highest BCUT2D eigenvalue weighted by atomic mass is 19.1. The summed E-state index contributed by atoms with van der Waals surface area (Å²) in [6.07, 6.45) is 2.27. The maximum Gasteiger partial charge on any atom is 0.251 e. The molecule has 0 unspecified atom stereocenters. The lowest BCUT2D eigenvalue weighted by Gasteiger charge is -2.10. The molecule has 86 valence electrons. The average molecular weight is 222 g/mol. The van der Waals surface area contributed by atoms with Crippen molar-refractivity contribution in [1.82, 2.24) is 5.32 Å². The van der Waals surface area contributed by atoms with Crippen molar-refractivity contribution >= 4 is 11.6 Å². The van der Waals surface area contributed by atoms with Gasteiger partial charge in [-0.2, -0.15) is 0 Å². The Morgan fingerprint density at radius 2 is 2.19 bits per heavy atom. The third-order valence-electron chi connectivity index (χ3n) is 2.96. The second-order valence-corrected chi connectivity index (χ2v) is 4.77. The first-order chi connectivity index (χ1) is 7.48.